The highest BCUT2D eigenvalue weighted by Crippen LogP contribution is 2.21. The standard InChI is InChI=1S/C23H33N5O4/c1-3-17(2)25-20(29)16-26-11-13-27(14-12-26)22(31)15-24-23(32)18-6-8-19(9-7-18)28-10-4-5-21(28)30/h6-9,17H,3-5,10-16H2,1-2H3,(H,24,32)(H,25,29). The fraction of sp³-hybridized carbons (Fsp3) is 0.565. The van der Waals surface area contributed by atoms with Gasteiger partial charge in [-0.25, -0.2) is 0 Å². The van der Waals surface area contributed by atoms with E-state index in [1.807, 2.05) is 18.7 Å². The Hall–Kier alpha value is -2.94. The second-order valence-electron chi connectivity index (χ2n) is 8.41. The summed E-state index contributed by atoms with van der Waals surface area (Å²) in [5, 5.41) is 5.63. The van der Waals surface area contributed by atoms with Crippen LogP contribution >= 0.6 is 0 Å². The number of nitrogens with zero attached hydrogens (tertiary/aromatic N) is 3. The smallest absolute Gasteiger partial charge is 0.251 e. The van der Waals surface area contributed by atoms with Crippen molar-refractivity contribution in [2.24, 2.45) is 0 Å². The predicted octanol–water partition coefficient (Wildman–Crippen LogP) is 0.602. The van der Waals surface area contributed by atoms with Crippen LogP contribution in [0.2, 0.25) is 0 Å². The molecule has 2 fully saturated rings. The fourth-order valence-electron chi connectivity index (χ4n) is 3.86. The molecule has 0 aromatic heterocycles. The molecule has 0 bridgehead atoms. The van der Waals surface area contributed by atoms with Crippen molar-refractivity contribution in [3.05, 3.63) is 29.8 Å². The van der Waals surface area contributed by atoms with Gasteiger partial charge in [-0.1, -0.05) is 6.92 Å². The summed E-state index contributed by atoms with van der Waals surface area (Å²) in [5.74, 6) is -0.352. The summed E-state index contributed by atoms with van der Waals surface area (Å²) >= 11 is 0. The van der Waals surface area contributed by atoms with E-state index in [1.165, 1.54) is 0 Å². The quantitative estimate of drug-likeness (QED) is 0.613. The van der Waals surface area contributed by atoms with E-state index in [1.54, 1.807) is 34.1 Å². The van der Waals surface area contributed by atoms with E-state index in [0.717, 1.165) is 18.5 Å². The molecule has 1 atom stereocenters. The van der Waals surface area contributed by atoms with Crippen LogP contribution in [0.15, 0.2) is 24.3 Å². The van der Waals surface area contributed by atoms with Crippen molar-refractivity contribution in [3.8, 4) is 0 Å². The average molecular weight is 444 g/mol. The minimum absolute atomic E-state index is 0.00602. The van der Waals surface area contributed by atoms with Crippen molar-refractivity contribution in [3.63, 3.8) is 0 Å². The summed E-state index contributed by atoms with van der Waals surface area (Å²) in [6.07, 6.45) is 2.30. The van der Waals surface area contributed by atoms with Crippen molar-refractivity contribution < 1.29 is 19.2 Å². The number of carbonyl (C=O) groups is 4. The highest BCUT2D eigenvalue weighted by Gasteiger charge is 2.24. The molecule has 1 aromatic rings. The Morgan fingerprint density at radius 3 is 2.31 bits per heavy atom. The molecule has 0 saturated carbocycles. The van der Waals surface area contributed by atoms with Gasteiger partial charge in [0.2, 0.25) is 17.7 Å². The van der Waals surface area contributed by atoms with Gasteiger partial charge in [0.25, 0.3) is 5.91 Å². The van der Waals surface area contributed by atoms with Gasteiger partial charge in [0.05, 0.1) is 13.1 Å². The van der Waals surface area contributed by atoms with Crippen molar-refractivity contribution in [1.82, 2.24) is 20.4 Å². The molecule has 0 aliphatic carbocycles. The van der Waals surface area contributed by atoms with E-state index < -0.39 is 0 Å². The summed E-state index contributed by atoms with van der Waals surface area (Å²) < 4.78 is 0. The Bertz CT molecular complexity index is 833. The van der Waals surface area contributed by atoms with Gasteiger partial charge in [-0.15, -0.1) is 0 Å². The van der Waals surface area contributed by atoms with E-state index in [9.17, 15) is 19.2 Å². The second-order valence-corrected chi connectivity index (χ2v) is 8.41. The first-order chi connectivity index (χ1) is 15.4. The number of hydrogen-bond acceptors (Lipinski definition) is 5. The maximum absolute atomic E-state index is 12.5. The molecule has 2 N–H and O–H groups in total. The maximum atomic E-state index is 12.5. The summed E-state index contributed by atoms with van der Waals surface area (Å²) in [5.41, 5.74) is 1.24. The van der Waals surface area contributed by atoms with Crippen molar-refractivity contribution in [1.29, 1.82) is 0 Å². The first-order valence-corrected chi connectivity index (χ1v) is 11.4. The minimum atomic E-state index is -0.321. The summed E-state index contributed by atoms with van der Waals surface area (Å²) in [4.78, 5) is 54.2. The molecule has 4 amide bonds. The molecule has 9 heteroatoms. The van der Waals surface area contributed by atoms with Crippen LogP contribution in [-0.4, -0.2) is 85.3 Å². The van der Waals surface area contributed by atoms with Gasteiger partial charge in [0.15, 0.2) is 0 Å². The van der Waals surface area contributed by atoms with Gasteiger partial charge < -0.3 is 20.4 Å². The Labute approximate surface area is 189 Å². The Balaban J connectivity index is 1.39. The van der Waals surface area contributed by atoms with Gasteiger partial charge in [0.1, 0.15) is 0 Å². The van der Waals surface area contributed by atoms with Crippen molar-refractivity contribution in [2.45, 2.75) is 39.2 Å². The highest BCUT2D eigenvalue weighted by atomic mass is 16.2. The molecule has 3 rings (SSSR count). The summed E-state index contributed by atoms with van der Waals surface area (Å²) in [6.45, 7) is 7.30. The highest BCUT2D eigenvalue weighted by molar-refractivity contribution is 5.98. The first kappa shape index (κ1) is 23.7. The zero-order valence-electron chi connectivity index (χ0n) is 18.9. The fourth-order valence-corrected chi connectivity index (χ4v) is 3.86. The number of carbonyl (C=O) groups excluding carboxylic acids is 4. The lowest BCUT2D eigenvalue weighted by Crippen LogP contribution is -2.53. The van der Waals surface area contributed by atoms with E-state index in [2.05, 4.69) is 10.6 Å². The zero-order valence-corrected chi connectivity index (χ0v) is 18.9. The normalized spacial score (nSPS) is 17.9. The Morgan fingerprint density at radius 1 is 1.03 bits per heavy atom. The first-order valence-electron chi connectivity index (χ1n) is 11.4. The van der Waals surface area contributed by atoms with Crippen molar-refractivity contribution >= 4 is 29.3 Å². The maximum Gasteiger partial charge on any atom is 0.251 e. The third-order valence-corrected chi connectivity index (χ3v) is 6.03. The molecule has 2 aliphatic rings. The van der Waals surface area contributed by atoms with Crippen LogP contribution in [0, 0.1) is 0 Å². The number of hydrogen-bond donors (Lipinski definition) is 2. The van der Waals surface area contributed by atoms with Gasteiger partial charge in [-0.2, -0.15) is 0 Å². The van der Waals surface area contributed by atoms with Crippen LogP contribution in [0.25, 0.3) is 0 Å². The molecule has 0 spiro atoms. The van der Waals surface area contributed by atoms with Crippen LogP contribution < -0.4 is 15.5 Å². The molecule has 0 radical (unpaired) electrons. The van der Waals surface area contributed by atoms with Crippen molar-refractivity contribution in [2.75, 3.05) is 50.7 Å². The van der Waals surface area contributed by atoms with Crippen LogP contribution in [0.4, 0.5) is 5.69 Å². The number of piperazine rings is 1. The lowest BCUT2D eigenvalue weighted by Gasteiger charge is -2.34. The molecule has 2 heterocycles. The second kappa shape index (κ2) is 11.1. The topological polar surface area (TPSA) is 102 Å². The van der Waals surface area contributed by atoms with E-state index in [4.69, 9.17) is 0 Å². The van der Waals surface area contributed by atoms with E-state index >= 15 is 0 Å². The predicted molar refractivity (Wildman–Crippen MR) is 121 cm³/mol. The summed E-state index contributed by atoms with van der Waals surface area (Å²) in [6, 6.07) is 7.02. The number of anilines is 1. The number of rotatable bonds is 8. The lowest BCUT2D eigenvalue weighted by atomic mass is 10.2. The molecule has 2 aliphatic heterocycles. The molecule has 1 aromatic carbocycles. The van der Waals surface area contributed by atoms with Crippen LogP contribution in [0.3, 0.4) is 0 Å². The zero-order chi connectivity index (χ0) is 23.1. The van der Waals surface area contributed by atoms with E-state index in [-0.39, 0.29) is 36.2 Å². The molecule has 2 saturated heterocycles. The van der Waals surface area contributed by atoms with Crippen LogP contribution in [-0.2, 0) is 14.4 Å². The SMILES string of the molecule is CCC(C)NC(=O)CN1CCN(C(=O)CNC(=O)c2ccc(N3CCCC3=O)cc2)CC1. The molecule has 9 nitrogen and oxygen atoms in total. The van der Waals surface area contributed by atoms with Gasteiger partial charge in [-0.3, -0.25) is 24.1 Å². The van der Waals surface area contributed by atoms with Gasteiger partial charge in [-0.05, 0) is 44.0 Å². The third-order valence-electron chi connectivity index (χ3n) is 6.03. The van der Waals surface area contributed by atoms with Crippen LogP contribution in [0.5, 0.6) is 0 Å². The largest absolute Gasteiger partial charge is 0.353 e. The number of benzene rings is 1. The van der Waals surface area contributed by atoms with E-state index in [0.29, 0.717) is 51.3 Å². The average Bonchev–Trinajstić information content (AvgIpc) is 3.23. The monoisotopic (exact) mass is 443 g/mol. The third kappa shape index (κ3) is 6.29. The molecular weight excluding hydrogens is 410 g/mol. The number of amides is 4. The Morgan fingerprint density at radius 2 is 1.72 bits per heavy atom. The minimum Gasteiger partial charge on any atom is -0.353 e. The van der Waals surface area contributed by atoms with Gasteiger partial charge >= 0.3 is 0 Å². The molecule has 1 unspecified atom stereocenters. The number of nitrogens with one attached hydrogen (secondary N) is 2. The Kier molecular flexibility index (Phi) is 8.21. The van der Waals surface area contributed by atoms with Gasteiger partial charge in [0, 0.05) is 56.4 Å². The van der Waals surface area contributed by atoms with Crippen LogP contribution in [0.1, 0.15) is 43.5 Å². The molecule has 32 heavy (non-hydrogen) atoms. The summed E-state index contributed by atoms with van der Waals surface area (Å²) in [7, 11) is 0. The lowest BCUT2D eigenvalue weighted by molar-refractivity contribution is -0.132. The molecular formula is C23H33N5O4. The molecule has 174 valence electrons.